The van der Waals surface area contributed by atoms with Crippen molar-refractivity contribution in [1.29, 1.82) is 0 Å². The van der Waals surface area contributed by atoms with E-state index in [1.807, 2.05) is 30.3 Å². The molecule has 0 aliphatic carbocycles. The molecule has 1 aromatic heterocycles. The SMILES string of the molecule is O=C(NCC1CCCCN1Cc1ccccc1)c1n[nH]c2ccccc12. The minimum absolute atomic E-state index is 0.104. The van der Waals surface area contributed by atoms with E-state index in [0.29, 0.717) is 18.3 Å². The number of nitrogens with one attached hydrogen (secondary N) is 2. The zero-order valence-corrected chi connectivity index (χ0v) is 14.8. The Kier molecular flexibility index (Phi) is 4.97. The molecule has 1 unspecified atom stereocenters. The molecule has 134 valence electrons. The van der Waals surface area contributed by atoms with Gasteiger partial charge in [-0.3, -0.25) is 14.8 Å². The number of H-pyrrole nitrogens is 1. The molecule has 0 saturated carbocycles. The normalized spacial score (nSPS) is 18.1. The largest absolute Gasteiger partial charge is 0.349 e. The molecule has 2 heterocycles. The summed E-state index contributed by atoms with van der Waals surface area (Å²) in [7, 11) is 0. The first-order chi connectivity index (χ1) is 12.8. The van der Waals surface area contributed by atoms with Crippen LogP contribution in [0.15, 0.2) is 54.6 Å². The summed E-state index contributed by atoms with van der Waals surface area (Å²) < 4.78 is 0. The summed E-state index contributed by atoms with van der Waals surface area (Å²) in [6, 6.07) is 18.6. The van der Waals surface area contributed by atoms with Crippen molar-refractivity contribution in [2.45, 2.75) is 31.8 Å². The third-order valence-corrected chi connectivity index (χ3v) is 5.16. The van der Waals surface area contributed by atoms with Gasteiger partial charge in [-0.1, -0.05) is 55.0 Å². The molecule has 4 rings (SSSR count). The molecule has 2 aromatic carbocycles. The quantitative estimate of drug-likeness (QED) is 0.743. The van der Waals surface area contributed by atoms with Crippen LogP contribution in [0.4, 0.5) is 0 Å². The standard InChI is InChI=1S/C21H24N4O/c26-21(20-18-11-4-5-12-19(18)23-24-20)22-14-17-10-6-7-13-25(17)15-16-8-2-1-3-9-16/h1-5,8-9,11-12,17H,6-7,10,13-15H2,(H,22,26)(H,23,24). The highest BCUT2D eigenvalue weighted by Crippen LogP contribution is 2.20. The topological polar surface area (TPSA) is 61.0 Å². The van der Waals surface area contributed by atoms with E-state index < -0.39 is 0 Å². The fourth-order valence-corrected chi connectivity index (χ4v) is 3.75. The van der Waals surface area contributed by atoms with Crippen molar-refractivity contribution in [2.24, 2.45) is 0 Å². The molecule has 26 heavy (non-hydrogen) atoms. The number of hydrogen-bond donors (Lipinski definition) is 2. The van der Waals surface area contributed by atoms with Crippen molar-refractivity contribution in [2.75, 3.05) is 13.1 Å². The summed E-state index contributed by atoms with van der Waals surface area (Å²) in [4.78, 5) is 15.1. The Bertz CT molecular complexity index is 874. The number of benzene rings is 2. The van der Waals surface area contributed by atoms with Gasteiger partial charge in [0.15, 0.2) is 5.69 Å². The summed E-state index contributed by atoms with van der Waals surface area (Å²) in [6.45, 7) is 2.68. The van der Waals surface area contributed by atoms with Gasteiger partial charge >= 0.3 is 0 Å². The highest BCUT2D eigenvalue weighted by Gasteiger charge is 2.23. The van der Waals surface area contributed by atoms with E-state index in [9.17, 15) is 4.79 Å². The number of aromatic amines is 1. The summed E-state index contributed by atoms with van der Waals surface area (Å²) in [5.41, 5.74) is 2.69. The van der Waals surface area contributed by atoms with Crippen LogP contribution in [0.25, 0.3) is 10.9 Å². The monoisotopic (exact) mass is 348 g/mol. The highest BCUT2D eigenvalue weighted by molar-refractivity contribution is 6.04. The summed E-state index contributed by atoms with van der Waals surface area (Å²) in [5.74, 6) is -0.104. The number of hydrogen-bond acceptors (Lipinski definition) is 3. The third kappa shape index (κ3) is 3.63. The van der Waals surface area contributed by atoms with Gasteiger partial charge in [0.25, 0.3) is 5.91 Å². The molecule has 1 fully saturated rings. The second-order valence-corrected chi connectivity index (χ2v) is 6.93. The van der Waals surface area contributed by atoms with E-state index in [-0.39, 0.29) is 5.91 Å². The molecule has 5 heteroatoms. The molecule has 3 aromatic rings. The minimum Gasteiger partial charge on any atom is -0.349 e. The van der Waals surface area contributed by atoms with Crippen LogP contribution in [-0.4, -0.2) is 40.1 Å². The maximum atomic E-state index is 12.6. The minimum atomic E-state index is -0.104. The fraction of sp³-hybridized carbons (Fsp3) is 0.333. The maximum absolute atomic E-state index is 12.6. The van der Waals surface area contributed by atoms with Crippen LogP contribution in [-0.2, 0) is 6.54 Å². The lowest BCUT2D eigenvalue weighted by Gasteiger charge is -2.35. The van der Waals surface area contributed by atoms with Gasteiger partial charge in [0.1, 0.15) is 0 Å². The average molecular weight is 348 g/mol. The summed E-state index contributed by atoms with van der Waals surface area (Å²) >= 11 is 0. The number of piperidine rings is 1. The second-order valence-electron chi connectivity index (χ2n) is 6.93. The Morgan fingerprint density at radius 3 is 2.81 bits per heavy atom. The van der Waals surface area contributed by atoms with Gasteiger partial charge in [-0.15, -0.1) is 0 Å². The highest BCUT2D eigenvalue weighted by atomic mass is 16.1. The van der Waals surface area contributed by atoms with Crippen LogP contribution in [0.2, 0.25) is 0 Å². The Labute approximate surface area is 153 Å². The molecule has 2 N–H and O–H groups in total. The van der Waals surface area contributed by atoms with Gasteiger partial charge in [-0.05, 0) is 31.0 Å². The number of nitrogens with zero attached hydrogens (tertiary/aromatic N) is 2. The van der Waals surface area contributed by atoms with Gasteiger partial charge in [-0.25, -0.2) is 0 Å². The Morgan fingerprint density at radius 1 is 1.12 bits per heavy atom. The lowest BCUT2D eigenvalue weighted by Crippen LogP contribution is -2.46. The summed E-state index contributed by atoms with van der Waals surface area (Å²) in [6.07, 6.45) is 3.56. The first kappa shape index (κ1) is 16.8. The van der Waals surface area contributed by atoms with Gasteiger partial charge < -0.3 is 5.32 Å². The molecule has 1 atom stereocenters. The maximum Gasteiger partial charge on any atom is 0.272 e. The first-order valence-corrected chi connectivity index (χ1v) is 9.30. The molecular formula is C21H24N4O. The van der Waals surface area contributed by atoms with Crippen LogP contribution < -0.4 is 5.32 Å². The molecular weight excluding hydrogens is 324 g/mol. The van der Waals surface area contributed by atoms with Crippen LogP contribution in [0.3, 0.4) is 0 Å². The molecule has 1 aliphatic heterocycles. The number of amides is 1. The molecule has 0 spiro atoms. The predicted molar refractivity (Wildman–Crippen MR) is 103 cm³/mol. The lowest BCUT2D eigenvalue weighted by atomic mass is 10.0. The van der Waals surface area contributed by atoms with Crippen LogP contribution in [0.1, 0.15) is 35.3 Å². The smallest absolute Gasteiger partial charge is 0.272 e. The van der Waals surface area contributed by atoms with Crippen LogP contribution >= 0.6 is 0 Å². The molecule has 1 aliphatic rings. The van der Waals surface area contributed by atoms with Crippen molar-refractivity contribution in [3.8, 4) is 0 Å². The Hall–Kier alpha value is -2.66. The van der Waals surface area contributed by atoms with E-state index in [0.717, 1.165) is 30.4 Å². The summed E-state index contributed by atoms with van der Waals surface area (Å²) in [5, 5.41) is 11.1. The lowest BCUT2D eigenvalue weighted by molar-refractivity contribution is 0.0904. The Morgan fingerprint density at radius 2 is 1.92 bits per heavy atom. The number of rotatable bonds is 5. The van der Waals surface area contributed by atoms with E-state index in [1.54, 1.807) is 0 Å². The molecule has 0 bridgehead atoms. The number of carbonyl (C=O) groups excluding carboxylic acids is 1. The predicted octanol–water partition coefficient (Wildman–Crippen LogP) is 3.35. The molecule has 1 saturated heterocycles. The van der Waals surface area contributed by atoms with E-state index in [1.165, 1.54) is 18.4 Å². The van der Waals surface area contributed by atoms with E-state index >= 15 is 0 Å². The van der Waals surface area contributed by atoms with Gasteiger partial charge in [-0.2, -0.15) is 5.10 Å². The first-order valence-electron chi connectivity index (χ1n) is 9.30. The van der Waals surface area contributed by atoms with E-state index in [2.05, 4.69) is 44.7 Å². The van der Waals surface area contributed by atoms with Crippen molar-refractivity contribution < 1.29 is 4.79 Å². The number of carbonyl (C=O) groups is 1. The zero-order chi connectivity index (χ0) is 17.8. The van der Waals surface area contributed by atoms with Crippen LogP contribution in [0, 0.1) is 0 Å². The van der Waals surface area contributed by atoms with Gasteiger partial charge in [0.05, 0.1) is 5.52 Å². The number of likely N-dealkylation sites (tertiary alicyclic amines) is 1. The molecule has 0 radical (unpaired) electrons. The molecule has 5 nitrogen and oxygen atoms in total. The van der Waals surface area contributed by atoms with Gasteiger partial charge in [0, 0.05) is 24.5 Å². The van der Waals surface area contributed by atoms with E-state index in [4.69, 9.17) is 0 Å². The second kappa shape index (κ2) is 7.70. The van der Waals surface area contributed by atoms with Crippen LogP contribution in [0.5, 0.6) is 0 Å². The van der Waals surface area contributed by atoms with Crippen molar-refractivity contribution in [3.63, 3.8) is 0 Å². The van der Waals surface area contributed by atoms with Gasteiger partial charge in [0.2, 0.25) is 0 Å². The fourth-order valence-electron chi connectivity index (χ4n) is 3.75. The van der Waals surface area contributed by atoms with Crippen molar-refractivity contribution in [3.05, 3.63) is 65.9 Å². The number of para-hydroxylation sites is 1. The third-order valence-electron chi connectivity index (χ3n) is 5.16. The zero-order valence-electron chi connectivity index (χ0n) is 14.8. The Balaban J connectivity index is 1.41. The molecule has 1 amide bonds. The number of aromatic nitrogens is 2. The van der Waals surface area contributed by atoms with Crippen molar-refractivity contribution in [1.82, 2.24) is 20.4 Å². The average Bonchev–Trinajstić information content (AvgIpc) is 3.12. The van der Waals surface area contributed by atoms with Crippen molar-refractivity contribution >= 4 is 16.8 Å². The number of fused-ring (bicyclic) bond motifs is 1.